The average molecular weight is 252 g/mol. The molecule has 1 amide bonds. The summed E-state index contributed by atoms with van der Waals surface area (Å²) in [6.07, 6.45) is -0.158. The third-order valence-electron chi connectivity index (χ3n) is 2.95. The van der Waals surface area contributed by atoms with Gasteiger partial charge in [0.25, 0.3) is 0 Å². The minimum Gasteiger partial charge on any atom is -0.445 e. The van der Waals surface area contributed by atoms with Gasteiger partial charge in [-0.2, -0.15) is 0 Å². The average Bonchev–Trinajstić information content (AvgIpc) is 2.83. The first kappa shape index (κ1) is 12.8. The van der Waals surface area contributed by atoms with Crippen LogP contribution in [0.1, 0.15) is 12.0 Å². The maximum Gasteiger partial charge on any atom is 0.407 e. The lowest BCUT2D eigenvalue weighted by Crippen LogP contribution is -2.41. The molecule has 2 N–H and O–H groups in total. The number of alkyl halides is 1. The van der Waals surface area contributed by atoms with Gasteiger partial charge in [0.15, 0.2) is 0 Å². The number of hydrogen-bond donors (Lipinski definition) is 2. The first-order valence-electron chi connectivity index (χ1n) is 6.02. The van der Waals surface area contributed by atoms with Crippen LogP contribution < -0.4 is 10.6 Å². The second-order valence-electron chi connectivity index (χ2n) is 4.49. The van der Waals surface area contributed by atoms with E-state index < -0.39 is 11.8 Å². The van der Waals surface area contributed by atoms with E-state index in [0.717, 1.165) is 5.56 Å². The first-order valence-corrected chi connectivity index (χ1v) is 6.02. The number of alkyl carbamates (subject to hydrolysis) is 1. The summed E-state index contributed by atoms with van der Waals surface area (Å²) in [5.41, 5.74) is -0.434. The number of rotatable bonds is 4. The van der Waals surface area contributed by atoms with Gasteiger partial charge in [-0.1, -0.05) is 30.3 Å². The normalized spacial score (nSPS) is 22.7. The quantitative estimate of drug-likeness (QED) is 0.856. The van der Waals surface area contributed by atoms with Crippen molar-refractivity contribution in [3.05, 3.63) is 35.9 Å². The van der Waals surface area contributed by atoms with Gasteiger partial charge < -0.3 is 15.4 Å². The molecule has 18 heavy (non-hydrogen) atoms. The van der Waals surface area contributed by atoms with E-state index in [9.17, 15) is 9.18 Å². The van der Waals surface area contributed by atoms with Gasteiger partial charge in [0, 0.05) is 6.54 Å². The maximum absolute atomic E-state index is 13.9. The Kier molecular flexibility index (Phi) is 4.15. The van der Waals surface area contributed by atoms with Crippen LogP contribution in [0.15, 0.2) is 30.3 Å². The molecule has 1 aromatic carbocycles. The summed E-state index contributed by atoms with van der Waals surface area (Å²) in [7, 11) is 0. The summed E-state index contributed by atoms with van der Waals surface area (Å²) < 4.78 is 18.9. The summed E-state index contributed by atoms with van der Waals surface area (Å²) in [5.74, 6) is 0. The van der Waals surface area contributed by atoms with Crippen molar-refractivity contribution in [1.29, 1.82) is 0 Å². The molecule has 1 aromatic rings. The number of carbonyl (C=O) groups is 1. The Balaban J connectivity index is 1.69. The second-order valence-corrected chi connectivity index (χ2v) is 4.49. The van der Waals surface area contributed by atoms with E-state index in [2.05, 4.69) is 10.6 Å². The third kappa shape index (κ3) is 3.70. The fourth-order valence-corrected chi connectivity index (χ4v) is 1.87. The summed E-state index contributed by atoms with van der Waals surface area (Å²) in [6, 6.07) is 9.37. The molecule has 0 radical (unpaired) electrons. The van der Waals surface area contributed by atoms with Crippen LogP contribution in [0.2, 0.25) is 0 Å². The molecule has 0 spiro atoms. The van der Waals surface area contributed by atoms with Gasteiger partial charge in [0.05, 0.1) is 6.54 Å². The van der Waals surface area contributed by atoms with Crippen molar-refractivity contribution in [2.45, 2.75) is 18.7 Å². The Morgan fingerprint density at radius 1 is 1.44 bits per heavy atom. The molecule has 1 aliphatic heterocycles. The molecule has 1 aliphatic rings. The molecule has 2 rings (SSSR count). The number of carbonyl (C=O) groups excluding carboxylic acids is 1. The lowest BCUT2D eigenvalue weighted by molar-refractivity contribution is 0.125. The minimum atomic E-state index is -1.34. The number of hydrogen-bond acceptors (Lipinski definition) is 3. The monoisotopic (exact) mass is 252 g/mol. The van der Waals surface area contributed by atoms with Crippen LogP contribution in [0, 0.1) is 0 Å². The fraction of sp³-hybridized carbons (Fsp3) is 0.462. The predicted molar refractivity (Wildman–Crippen MR) is 66.0 cm³/mol. The SMILES string of the molecule is O=C(NC[C@]1(F)CCNC1)OCc1ccccc1. The molecule has 1 heterocycles. The van der Waals surface area contributed by atoms with E-state index in [1.807, 2.05) is 30.3 Å². The van der Waals surface area contributed by atoms with E-state index in [0.29, 0.717) is 13.0 Å². The van der Waals surface area contributed by atoms with Crippen LogP contribution in [-0.2, 0) is 11.3 Å². The van der Waals surface area contributed by atoms with Crippen LogP contribution in [0.4, 0.5) is 9.18 Å². The molecular weight excluding hydrogens is 235 g/mol. The summed E-state index contributed by atoms with van der Waals surface area (Å²) in [4.78, 5) is 11.4. The van der Waals surface area contributed by atoms with Gasteiger partial charge >= 0.3 is 6.09 Å². The van der Waals surface area contributed by atoms with Crippen LogP contribution in [0.5, 0.6) is 0 Å². The zero-order valence-corrected chi connectivity index (χ0v) is 10.1. The highest BCUT2D eigenvalue weighted by molar-refractivity contribution is 5.67. The van der Waals surface area contributed by atoms with Crippen molar-refractivity contribution < 1.29 is 13.9 Å². The number of benzene rings is 1. The van der Waals surface area contributed by atoms with Crippen molar-refractivity contribution in [3.63, 3.8) is 0 Å². The van der Waals surface area contributed by atoms with Crippen LogP contribution in [-0.4, -0.2) is 31.4 Å². The highest BCUT2D eigenvalue weighted by Crippen LogP contribution is 2.18. The lowest BCUT2D eigenvalue weighted by atomic mass is 10.1. The summed E-state index contributed by atoms with van der Waals surface area (Å²) in [5, 5.41) is 5.39. The van der Waals surface area contributed by atoms with E-state index in [4.69, 9.17) is 4.74 Å². The highest BCUT2D eigenvalue weighted by atomic mass is 19.1. The van der Waals surface area contributed by atoms with Gasteiger partial charge in [-0.05, 0) is 18.5 Å². The largest absolute Gasteiger partial charge is 0.445 e. The van der Waals surface area contributed by atoms with Crippen molar-refractivity contribution in [1.82, 2.24) is 10.6 Å². The van der Waals surface area contributed by atoms with E-state index in [-0.39, 0.29) is 19.7 Å². The molecule has 0 unspecified atom stereocenters. The first-order chi connectivity index (χ1) is 8.68. The zero-order valence-electron chi connectivity index (χ0n) is 10.1. The molecule has 0 aromatic heterocycles. The molecule has 5 heteroatoms. The Bertz CT molecular complexity index is 391. The van der Waals surface area contributed by atoms with Gasteiger partial charge in [-0.3, -0.25) is 0 Å². The second kappa shape index (κ2) is 5.82. The van der Waals surface area contributed by atoms with E-state index >= 15 is 0 Å². The van der Waals surface area contributed by atoms with Gasteiger partial charge in [-0.25, -0.2) is 9.18 Å². The van der Waals surface area contributed by atoms with Crippen LogP contribution in [0.25, 0.3) is 0 Å². The molecular formula is C13H17FN2O2. The Labute approximate surface area is 106 Å². The topological polar surface area (TPSA) is 50.4 Å². The lowest BCUT2D eigenvalue weighted by Gasteiger charge is -2.18. The number of halogens is 1. The molecule has 4 nitrogen and oxygen atoms in total. The molecule has 0 bridgehead atoms. The zero-order chi connectivity index (χ0) is 12.8. The molecule has 1 saturated heterocycles. The van der Waals surface area contributed by atoms with Crippen molar-refractivity contribution in [2.75, 3.05) is 19.6 Å². The van der Waals surface area contributed by atoms with Crippen molar-refractivity contribution >= 4 is 6.09 Å². The maximum atomic E-state index is 13.9. The highest BCUT2D eigenvalue weighted by Gasteiger charge is 2.33. The van der Waals surface area contributed by atoms with Gasteiger partial charge in [0.1, 0.15) is 12.3 Å². The Morgan fingerprint density at radius 2 is 2.22 bits per heavy atom. The predicted octanol–water partition coefficient (Wildman–Crippen LogP) is 1.61. The minimum absolute atomic E-state index is 0.00633. The standard InChI is InChI=1S/C13H17FN2O2/c14-13(6-7-15-9-13)10-16-12(17)18-8-11-4-2-1-3-5-11/h1-5,15H,6-10H2,(H,16,17)/t13-/m0/s1. The number of amides is 1. The van der Waals surface area contributed by atoms with Gasteiger partial charge in [0.2, 0.25) is 0 Å². The number of nitrogens with one attached hydrogen (secondary N) is 2. The fourth-order valence-electron chi connectivity index (χ4n) is 1.87. The van der Waals surface area contributed by atoms with Crippen LogP contribution in [0.3, 0.4) is 0 Å². The molecule has 1 atom stereocenters. The summed E-state index contributed by atoms with van der Waals surface area (Å²) in [6.45, 7) is 1.13. The van der Waals surface area contributed by atoms with E-state index in [1.165, 1.54) is 0 Å². The van der Waals surface area contributed by atoms with Crippen LogP contribution >= 0.6 is 0 Å². The third-order valence-corrected chi connectivity index (χ3v) is 2.95. The number of ether oxygens (including phenoxy) is 1. The van der Waals surface area contributed by atoms with Gasteiger partial charge in [-0.15, -0.1) is 0 Å². The van der Waals surface area contributed by atoms with Crippen molar-refractivity contribution in [2.24, 2.45) is 0 Å². The smallest absolute Gasteiger partial charge is 0.407 e. The van der Waals surface area contributed by atoms with Crippen molar-refractivity contribution in [3.8, 4) is 0 Å². The summed E-state index contributed by atoms with van der Waals surface area (Å²) >= 11 is 0. The van der Waals surface area contributed by atoms with E-state index in [1.54, 1.807) is 0 Å². The molecule has 98 valence electrons. The molecule has 0 saturated carbocycles. The molecule has 0 aliphatic carbocycles. The molecule has 1 fully saturated rings. The Morgan fingerprint density at radius 3 is 2.89 bits per heavy atom. The Hall–Kier alpha value is -1.62.